The van der Waals surface area contributed by atoms with Gasteiger partial charge in [-0.2, -0.15) is 9.97 Å². The quantitative estimate of drug-likeness (QED) is 0.208. The zero-order chi connectivity index (χ0) is 22.5. The minimum Gasteiger partial charge on any atom is -0.374 e. The molecule has 2 heterocycles. The zero-order valence-corrected chi connectivity index (χ0v) is 20.0. The summed E-state index contributed by atoms with van der Waals surface area (Å²) < 4.78 is 17.9. The third-order valence-corrected chi connectivity index (χ3v) is 8.20. The van der Waals surface area contributed by atoms with Crippen LogP contribution in [0.2, 0.25) is 6.04 Å². The molecule has 2 aromatic rings. The number of nitrogen functional groups attached to an aromatic ring is 2. The minimum atomic E-state index is -2.64. The van der Waals surface area contributed by atoms with Gasteiger partial charge in [-0.15, -0.1) is 10.2 Å². The molecule has 11 nitrogen and oxygen atoms in total. The van der Waals surface area contributed by atoms with Crippen molar-refractivity contribution in [2.24, 2.45) is 0 Å². The fourth-order valence-corrected chi connectivity index (χ4v) is 6.38. The molecule has 176 valence electrons. The highest BCUT2D eigenvalue weighted by Gasteiger charge is 2.39. The second-order valence-electron chi connectivity index (χ2n) is 7.39. The lowest BCUT2D eigenvalue weighted by atomic mass is 9.95. The predicted molar refractivity (Wildman–Crippen MR) is 121 cm³/mol. The van der Waals surface area contributed by atoms with Crippen molar-refractivity contribution >= 4 is 20.7 Å². The number of hydrogen-bond donors (Lipinski definition) is 4. The van der Waals surface area contributed by atoms with Gasteiger partial charge in [-0.25, -0.2) is 0 Å². The van der Waals surface area contributed by atoms with Crippen molar-refractivity contribution in [2.45, 2.75) is 77.7 Å². The molecule has 1 atom stereocenters. The van der Waals surface area contributed by atoms with Crippen LogP contribution in [0.25, 0.3) is 0 Å². The Morgan fingerprint density at radius 1 is 0.806 bits per heavy atom. The first kappa shape index (κ1) is 25.2. The van der Waals surface area contributed by atoms with Gasteiger partial charge in [0.2, 0.25) is 11.9 Å². The van der Waals surface area contributed by atoms with Gasteiger partial charge in [0.15, 0.2) is 0 Å². The number of unbranched alkanes of at least 4 members (excludes halogenated alkanes) is 2. The van der Waals surface area contributed by atoms with Gasteiger partial charge < -0.3 is 24.7 Å². The van der Waals surface area contributed by atoms with E-state index in [0.717, 1.165) is 62.6 Å². The van der Waals surface area contributed by atoms with Crippen molar-refractivity contribution in [3.63, 3.8) is 0 Å². The Morgan fingerprint density at radius 3 is 1.97 bits per heavy atom. The Hall–Kier alpha value is -2.02. The Bertz CT molecular complexity index is 724. The third kappa shape index (κ3) is 8.55. The van der Waals surface area contributed by atoms with Gasteiger partial charge in [-0.1, -0.05) is 12.8 Å². The maximum Gasteiger partial charge on any atom is 0.500 e. The van der Waals surface area contributed by atoms with E-state index >= 15 is 0 Å². The van der Waals surface area contributed by atoms with E-state index in [2.05, 4.69) is 30.4 Å². The van der Waals surface area contributed by atoms with Crippen LogP contribution in [0.4, 0.5) is 11.9 Å². The molecule has 0 aromatic carbocycles. The van der Waals surface area contributed by atoms with Crippen LogP contribution in [0.3, 0.4) is 0 Å². The molecule has 0 amide bonds. The third-order valence-electron chi connectivity index (χ3n) is 5.05. The number of rotatable bonds is 17. The monoisotopic (exact) mass is 454 g/mol. The molecule has 0 saturated carbocycles. The smallest absolute Gasteiger partial charge is 0.374 e. The number of hydrogen-bond acceptors (Lipinski definition) is 9. The van der Waals surface area contributed by atoms with Gasteiger partial charge in [-0.05, 0) is 46.5 Å². The number of aromatic nitrogens is 6. The summed E-state index contributed by atoms with van der Waals surface area (Å²) in [5.74, 6) is 2.51. The molecular formula is C19H38N8O3Si. The first-order valence-electron chi connectivity index (χ1n) is 11.3. The van der Waals surface area contributed by atoms with Gasteiger partial charge in [0, 0.05) is 38.2 Å². The van der Waals surface area contributed by atoms with Crippen LogP contribution in [0, 0.1) is 0 Å². The molecule has 0 spiro atoms. The number of H-pyrrole nitrogens is 2. The van der Waals surface area contributed by atoms with Crippen LogP contribution >= 0.6 is 0 Å². The van der Waals surface area contributed by atoms with Gasteiger partial charge in [0.05, 0.1) is 0 Å². The number of nitrogens with zero attached hydrogens (tertiary/aromatic N) is 4. The zero-order valence-electron chi connectivity index (χ0n) is 19.0. The minimum absolute atomic E-state index is 0.252. The van der Waals surface area contributed by atoms with Crippen molar-refractivity contribution < 1.29 is 13.3 Å². The van der Waals surface area contributed by atoms with E-state index in [0.29, 0.717) is 25.8 Å². The van der Waals surface area contributed by atoms with Crippen LogP contribution in [-0.4, -0.2) is 59.0 Å². The Kier molecular flexibility index (Phi) is 10.9. The number of aromatic amines is 2. The van der Waals surface area contributed by atoms with Gasteiger partial charge in [0.1, 0.15) is 11.6 Å². The first-order valence-corrected chi connectivity index (χ1v) is 13.2. The average molecular weight is 455 g/mol. The van der Waals surface area contributed by atoms with Crippen molar-refractivity contribution in [2.75, 3.05) is 31.3 Å². The van der Waals surface area contributed by atoms with E-state index in [1.807, 2.05) is 20.8 Å². The molecule has 6 N–H and O–H groups in total. The predicted octanol–water partition coefficient (Wildman–Crippen LogP) is 2.80. The van der Waals surface area contributed by atoms with Crippen LogP contribution in [-0.2, 0) is 19.7 Å². The van der Waals surface area contributed by atoms with Crippen molar-refractivity contribution in [3.8, 4) is 0 Å². The molecule has 2 rings (SSSR count). The normalized spacial score (nSPS) is 13.0. The highest BCUT2D eigenvalue weighted by atomic mass is 28.4. The SMILES string of the molecule is CCO[Si](CCCC(CCCCCc1nc(N)n[nH]1)c1nc(N)n[nH]1)(OCC)OCC. The van der Waals surface area contributed by atoms with Crippen molar-refractivity contribution in [1.82, 2.24) is 30.4 Å². The lowest BCUT2D eigenvalue weighted by Crippen LogP contribution is -2.45. The maximum absolute atomic E-state index is 5.97. The molecule has 0 aliphatic heterocycles. The van der Waals surface area contributed by atoms with E-state index in [1.54, 1.807) is 0 Å². The molecule has 1 unspecified atom stereocenters. The lowest BCUT2D eigenvalue weighted by Gasteiger charge is -2.29. The van der Waals surface area contributed by atoms with E-state index in [-0.39, 0.29) is 11.9 Å². The topological polar surface area (TPSA) is 163 Å². The number of nitrogens with two attached hydrogens (primary N) is 2. The first-order chi connectivity index (χ1) is 15.0. The number of nitrogens with one attached hydrogen (secondary N) is 2. The van der Waals surface area contributed by atoms with Crippen molar-refractivity contribution in [1.29, 1.82) is 0 Å². The van der Waals surface area contributed by atoms with Crippen LogP contribution < -0.4 is 11.5 Å². The fraction of sp³-hybridized carbons (Fsp3) is 0.789. The second kappa shape index (κ2) is 13.4. The molecule has 2 aromatic heterocycles. The largest absolute Gasteiger partial charge is 0.500 e. The van der Waals surface area contributed by atoms with Gasteiger partial charge in [0.25, 0.3) is 0 Å². The summed E-state index contributed by atoms with van der Waals surface area (Å²) in [4.78, 5) is 8.52. The molecule has 0 radical (unpaired) electrons. The Balaban J connectivity index is 1.86. The summed E-state index contributed by atoms with van der Waals surface area (Å²) in [7, 11) is -2.64. The molecule has 0 fully saturated rings. The van der Waals surface area contributed by atoms with Gasteiger partial charge in [-0.3, -0.25) is 10.2 Å². The maximum atomic E-state index is 5.97. The standard InChI is InChI=1S/C19H38N8O3Si/c1-4-28-31(29-5-2,30-6-3)14-10-12-15(17-23-19(21)27-25-17)11-8-7-9-13-16-22-18(20)26-24-16/h15H,4-14H2,1-3H3,(H3,20,22,24,26)(H3,21,23,25,27). The summed E-state index contributed by atoms with van der Waals surface area (Å²) in [6.07, 6.45) is 6.88. The summed E-state index contributed by atoms with van der Waals surface area (Å²) in [5, 5.41) is 13.7. The molecule has 0 aliphatic rings. The highest BCUT2D eigenvalue weighted by molar-refractivity contribution is 6.60. The summed E-state index contributed by atoms with van der Waals surface area (Å²) in [6.45, 7) is 7.70. The molecule has 31 heavy (non-hydrogen) atoms. The summed E-state index contributed by atoms with van der Waals surface area (Å²) in [5.41, 5.74) is 11.3. The molecule has 0 aliphatic carbocycles. The van der Waals surface area contributed by atoms with Crippen LogP contribution in [0.15, 0.2) is 0 Å². The summed E-state index contributed by atoms with van der Waals surface area (Å²) in [6, 6.07) is 0.787. The summed E-state index contributed by atoms with van der Waals surface area (Å²) >= 11 is 0. The highest BCUT2D eigenvalue weighted by Crippen LogP contribution is 2.29. The van der Waals surface area contributed by atoms with Crippen molar-refractivity contribution in [3.05, 3.63) is 11.6 Å². The van der Waals surface area contributed by atoms with E-state index in [9.17, 15) is 0 Å². The van der Waals surface area contributed by atoms with Gasteiger partial charge >= 0.3 is 8.80 Å². The van der Waals surface area contributed by atoms with E-state index < -0.39 is 8.80 Å². The lowest BCUT2D eigenvalue weighted by molar-refractivity contribution is 0.0705. The van der Waals surface area contributed by atoms with E-state index in [1.165, 1.54) is 0 Å². The molecular weight excluding hydrogens is 416 g/mol. The number of aryl methyl sites for hydroxylation is 1. The molecule has 0 saturated heterocycles. The van der Waals surface area contributed by atoms with E-state index in [4.69, 9.17) is 24.7 Å². The Labute approximate surface area is 185 Å². The van der Waals surface area contributed by atoms with Crippen LogP contribution in [0.5, 0.6) is 0 Å². The second-order valence-corrected chi connectivity index (χ2v) is 10.1. The average Bonchev–Trinajstić information content (AvgIpc) is 3.35. The molecule has 12 heteroatoms. The fourth-order valence-electron chi connectivity index (χ4n) is 3.74. The van der Waals surface area contributed by atoms with Crippen LogP contribution in [0.1, 0.15) is 76.9 Å². The number of anilines is 2. The Morgan fingerprint density at radius 2 is 1.42 bits per heavy atom. The molecule has 0 bridgehead atoms.